The molecule has 1 atom stereocenters. The molecule has 0 radical (unpaired) electrons. The van der Waals surface area contributed by atoms with Gasteiger partial charge in [0.1, 0.15) is 18.3 Å². The summed E-state index contributed by atoms with van der Waals surface area (Å²) in [6.45, 7) is 8.33. The second-order valence-electron chi connectivity index (χ2n) is 8.69. The van der Waals surface area contributed by atoms with Crippen LogP contribution in [0.25, 0.3) is 11.4 Å². The highest BCUT2D eigenvalue weighted by Gasteiger charge is 2.30. The maximum atomic E-state index is 13.4. The number of amides is 2. The second kappa shape index (κ2) is 11.4. The minimum atomic E-state index is -0.749. The van der Waals surface area contributed by atoms with Gasteiger partial charge in [-0.15, -0.1) is 10.2 Å². The van der Waals surface area contributed by atoms with Gasteiger partial charge in [-0.2, -0.15) is 4.80 Å². The molecule has 3 rings (SSSR count). The second-order valence-corrected chi connectivity index (χ2v) is 8.69. The summed E-state index contributed by atoms with van der Waals surface area (Å²) in [5.74, 6) is 0.238. The standard InChI is InChI=1S/C25H32N6O3/c1-5-22(25(34)26-14-13-17(2)3)31(20-7-6-8-21(32)15-20)23(33)16-30-28-24(27-29-30)19-11-9-18(4)10-12-19/h6-12,15,17,22,32H,5,13-14,16H2,1-4H3,(H,26,34)/t22-/m1/s1. The molecule has 9 heteroatoms. The van der Waals surface area contributed by atoms with Crippen molar-refractivity contribution in [3.63, 3.8) is 0 Å². The number of hydrogen-bond acceptors (Lipinski definition) is 6. The molecule has 0 bridgehead atoms. The predicted molar refractivity (Wildman–Crippen MR) is 130 cm³/mol. The van der Waals surface area contributed by atoms with E-state index in [1.165, 1.54) is 21.8 Å². The number of carbonyl (C=O) groups is 2. The first kappa shape index (κ1) is 24.9. The van der Waals surface area contributed by atoms with E-state index < -0.39 is 6.04 Å². The van der Waals surface area contributed by atoms with Crippen LogP contribution in [0.3, 0.4) is 0 Å². The minimum absolute atomic E-state index is 0.00547. The molecule has 0 fully saturated rings. The molecule has 2 aromatic carbocycles. The van der Waals surface area contributed by atoms with Crippen LogP contribution in [0.4, 0.5) is 5.69 Å². The van der Waals surface area contributed by atoms with Gasteiger partial charge in [0.05, 0.1) is 0 Å². The van der Waals surface area contributed by atoms with E-state index in [2.05, 4.69) is 34.6 Å². The number of nitrogens with zero attached hydrogens (tertiary/aromatic N) is 5. The van der Waals surface area contributed by atoms with Crippen LogP contribution in [0.5, 0.6) is 5.75 Å². The fraction of sp³-hybridized carbons (Fsp3) is 0.400. The minimum Gasteiger partial charge on any atom is -0.508 e. The third-order valence-electron chi connectivity index (χ3n) is 5.44. The molecule has 1 aromatic heterocycles. The Balaban J connectivity index is 1.83. The third-order valence-corrected chi connectivity index (χ3v) is 5.44. The van der Waals surface area contributed by atoms with Gasteiger partial charge in [-0.3, -0.25) is 14.5 Å². The van der Waals surface area contributed by atoms with Crippen molar-refractivity contribution in [2.45, 2.75) is 53.1 Å². The summed E-state index contributed by atoms with van der Waals surface area (Å²) in [6, 6.07) is 13.3. The van der Waals surface area contributed by atoms with E-state index in [1.54, 1.807) is 12.1 Å². The highest BCUT2D eigenvalue weighted by atomic mass is 16.3. The van der Waals surface area contributed by atoms with Gasteiger partial charge >= 0.3 is 0 Å². The van der Waals surface area contributed by atoms with Crippen LogP contribution in [0.15, 0.2) is 48.5 Å². The van der Waals surface area contributed by atoms with Gasteiger partial charge in [0.2, 0.25) is 11.7 Å². The van der Waals surface area contributed by atoms with Crippen molar-refractivity contribution >= 4 is 17.5 Å². The number of carbonyl (C=O) groups excluding carboxylic acids is 2. The molecule has 180 valence electrons. The monoisotopic (exact) mass is 464 g/mol. The number of phenols is 1. The number of hydrogen-bond donors (Lipinski definition) is 2. The normalized spacial score (nSPS) is 11.9. The number of phenolic OH excluding ortho intramolecular Hbond substituents is 1. The Kier molecular flexibility index (Phi) is 8.34. The van der Waals surface area contributed by atoms with Crippen LogP contribution in [-0.2, 0) is 16.1 Å². The van der Waals surface area contributed by atoms with E-state index >= 15 is 0 Å². The molecule has 0 unspecified atom stereocenters. The Morgan fingerprint density at radius 3 is 2.53 bits per heavy atom. The molecule has 0 saturated carbocycles. The molecule has 9 nitrogen and oxygen atoms in total. The van der Waals surface area contributed by atoms with Crippen LogP contribution in [0, 0.1) is 12.8 Å². The summed E-state index contributed by atoms with van der Waals surface area (Å²) in [4.78, 5) is 29.1. The summed E-state index contributed by atoms with van der Waals surface area (Å²) >= 11 is 0. The van der Waals surface area contributed by atoms with Gasteiger partial charge in [-0.1, -0.05) is 56.7 Å². The Morgan fingerprint density at radius 2 is 1.88 bits per heavy atom. The molecular weight excluding hydrogens is 432 g/mol. The van der Waals surface area contributed by atoms with E-state index in [0.717, 1.165) is 17.5 Å². The molecule has 1 heterocycles. The first-order valence-corrected chi connectivity index (χ1v) is 11.5. The molecular formula is C25H32N6O3. The molecule has 0 aliphatic heterocycles. The van der Waals surface area contributed by atoms with Crippen molar-refractivity contribution < 1.29 is 14.7 Å². The zero-order chi connectivity index (χ0) is 24.7. The van der Waals surface area contributed by atoms with Crippen LogP contribution < -0.4 is 10.2 Å². The summed E-state index contributed by atoms with van der Waals surface area (Å²) in [5, 5.41) is 25.4. The zero-order valence-electron chi connectivity index (χ0n) is 20.1. The quantitative estimate of drug-likeness (QED) is 0.476. The number of benzene rings is 2. The number of tetrazole rings is 1. The van der Waals surface area contributed by atoms with E-state index in [4.69, 9.17) is 0 Å². The van der Waals surface area contributed by atoms with Crippen molar-refractivity contribution in [3.05, 3.63) is 54.1 Å². The Morgan fingerprint density at radius 1 is 1.15 bits per heavy atom. The average Bonchev–Trinajstić information content (AvgIpc) is 3.25. The van der Waals surface area contributed by atoms with Gasteiger partial charge in [-0.25, -0.2) is 0 Å². The van der Waals surface area contributed by atoms with E-state index in [9.17, 15) is 14.7 Å². The van der Waals surface area contributed by atoms with E-state index in [0.29, 0.717) is 30.4 Å². The van der Waals surface area contributed by atoms with Gasteiger partial charge in [0.25, 0.3) is 5.91 Å². The zero-order valence-corrected chi connectivity index (χ0v) is 20.1. The van der Waals surface area contributed by atoms with Crippen molar-refractivity contribution in [3.8, 4) is 17.1 Å². The van der Waals surface area contributed by atoms with Crippen LogP contribution >= 0.6 is 0 Å². The lowest BCUT2D eigenvalue weighted by Gasteiger charge is -2.30. The number of anilines is 1. The lowest BCUT2D eigenvalue weighted by atomic mass is 10.1. The van der Waals surface area contributed by atoms with Crippen LogP contribution in [-0.4, -0.2) is 49.7 Å². The Labute approximate surface area is 199 Å². The maximum Gasteiger partial charge on any atom is 0.251 e. The van der Waals surface area contributed by atoms with Gasteiger partial charge in [0.15, 0.2) is 0 Å². The molecule has 3 aromatic rings. The molecule has 0 spiro atoms. The molecule has 2 amide bonds. The van der Waals surface area contributed by atoms with Crippen LogP contribution in [0.2, 0.25) is 0 Å². The molecule has 0 aliphatic carbocycles. The summed E-state index contributed by atoms with van der Waals surface area (Å²) in [5.41, 5.74) is 2.34. The molecule has 2 N–H and O–H groups in total. The van der Waals surface area contributed by atoms with Gasteiger partial charge in [-0.05, 0) is 43.0 Å². The average molecular weight is 465 g/mol. The van der Waals surface area contributed by atoms with Gasteiger partial charge in [0, 0.05) is 23.9 Å². The number of aromatic nitrogens is 4. The van der Waals surface area contributed by atoms with Crippen molar-refractivity contribution in [1.82, 2.24) is 25.5 Å². The third kappa shape index (κ3) is 6.40. The van der Waals surface area contributed by atoms with Crippen molar-refractivity contribution in [1.29, 1.82) is 0 Å². The molecule has 0 aliphatic rings. The van der Waals surface area contributed by atoms with E-state index in [-0.39, 0.29) is 24.1 Å². The van der Waals surface area contributed by atoms with Crippen molar-refractivity contribution in [2.75, 3.05) is 11.4 Å². The summed E-state index contributed by atoms with van der Waals surface area (Å²) in [6.07, 6.45) is 1.24. The largest absolute Gasteiger partial charge is 0.508 e. The number of rotatable bonds is 10. The number of aromatic hydroxyl groups is 1. The highest BCUT2D eigenvalue weighted by Crippen LogP contribution is 2.24. The summed E-state index contributed by atoms with van der Waals surface area (Å²) < 4.78 is 0. The Bertz CT molecular complexity index is 1110. The topological polar surface area (TPSA) is 113 Å². The van der Waals surface area contributed by atoms with E-state index in [1.807, 2.05) is 38.1 Å². The lowest BCUT2D eigenvalue weighted by Crippen LogP contribution is -2.51. The maximum absolute atomic E-state index is 13.4. The first-order chi connectivity index (χ1) is 16.3. The SMILES string of the molecule is CC[C@H](C(=O)NCCC(C)C)N(C(=O)Cn1nnc(-c2ccc(C)cc2)n1)c1cccc(O)c1. The number of aryl methyl sites for hydroxylation is 1. The van der Waals surface area contributed by atoms with Crippen molar-refractivity contribution in [2.24, 2.45) is 5.92 Å². The molecule has 0 saturated heterocycles. The predicted octanol–water partition coefficient (Wildman–Crippen LogP) is 3.33. The summed E-state index contributed by atoms with van der Waals surface area (Å²) in [7, 11) is 0. The lowest BCUT2D eigenvalue weighted by molar-refractivity contribution is -0.127. The number of nitrogens with one attached hydrogen (secondary N) is 1. The van der Waals surface area contributed by atoms with Gasteiger partial charge < -0.3 is 10.4 Å². The smallest absolute Gasteiger partial charge is 0.251 e. The van der Waals surface area contributed by atoms with Crippen LogP contribution in [0.1, 0.15) is 39.2 Å². The first-order valence-electron chi connectivity index (χ1n) is 11.5. The molecule has 34 heavy (non-hydrogen) atoms. The highest BCUT2D eigenvalue weighted by molar-refractivity contribution is 6.00. The fourth-order valence-corrected chi connectivity index (χ4v) is 3.55. The fourth-order valence-electron chi connectivity index (χ4n) is 3.55. The Hall–Kier alpha value is -3.75.